The highest BCUT2D eigenvalue weighted by Crippen LogP contribution is 2.19. The Balaban J connectivity index is 1.61. The molecule has 0 radical (unpaired) electrons. The lowest BCUT2D eigenvalue weighted by Gasteiger charge is -2.26. The maximum Gasteiger partial charge on any atom is 0.251 e. The van der Waals surface area contributed by atoms with Gasteiger partial charge in [-0.05, 0) is 82.9 Å². The summed E-state index contributed by atoms with van der Waals surface area (Å²) in [7, 11) is 0. The summed E-state index contributed by atoms with van der Waals surface area (Å²) in [5, 5.41) is 3.02. The van der Waals surface area contributed by atoms with E-state index in [0.29, 0.717) is 12.2 Å². The number of nitrogens with zero attached hydrogens (tertiary/aromatic N) is 1. The van der Waals surface area contributed by atoms with Crippen LogP contribution in [0.1, 0.15) is 61.4 Å². The zero-order chi connectivity index (χ0) is 17.2. The average molecular weight is 332 g/mol. The van der Waals surface area contributed by atoms with Gasteiger partial charge in [0.15, 0.2) is 0 Å². The van der Waals surface area contributed by atoms with E-state index in [0.717, 1.165) is 24.3 Å². The maximum atomic E-state index is 12.2. The van der Waals surface area contributed by atoms with E-state index >= 15 is 0 Å². The van der Waals surface area contributed by atoms with Gasteiger partial charge < -0.3 is 15.0 Å². The molecule has 134 valence electrons. The highest BCUT2D eigenvalue weighted by Gasteiger charge is 2.10. The van der Waals surface area contributed by atoms with Gasteiger partial charge in [-0.3, -0.25) is 4.79 Å². The summed E-state index contributed by atoms with van der Waals surface area (Å²) in [6, 6.07) is 5.62. The van der Waals surface area contributed by atoms with Crippen molar-refractivity contribution in [3.8, 4) is 5.75 Å². The molecule has 1 aromatic carbocycles. The molecule has 1 aromatic rings. The molecule has 1 heterocycles. The molecule has 0 spiro atoms. The van der Waals surface area contributed by atoms with Gasteiger partial charge >= 0.3 is 0 Å². The van der Waals surface area contributed by atoms with Gasteiger partial charge in [-0.1, -0.05) is 12.8 Å². The third-order valence-corrected chi connectivity index (χ3v) is 4.62. The highest BCUT2D eigenvalue weighted by atomic mass is 16.5. The number of unbranched alkanes of at least 4 members (excludes halogenated alkanes) is 2. The van der Waals surface area contributed by atoms with Crippen LogP contribution in [0, 0.1) is 6.92 Å². The Labute approximate surface area is 146 Å². The number of ether oxygens (including phenoxy) is 1. The highest BCUT2D eigenvalue weighted by molar-refractivity contribution is 5.94. The third kappa shape index (κ3) is 6.16. The smallest absolute Gasteiger partial charge is 0.251 e. The largest absolute Gasteiger partial charge is 0.494 e. The van der Waals surface area contributed by atoms with E-state index in [1.807, 2.05) is 32.0 Å². The molecule has 0 saturated carbocycles. The summed E-state index contributed by atoms with van der Waals surface area (Å²) < 4.78 is 5.51. The molecule has 0 bridgehead atoms. The maximum absolute atomic E-state index is 12.2. The number of rotatable bonds is 9. The monoisotopic (exact) mass is 332 g/mol. The van der Waals surface area contributed by atoms with E-state index in [1.165, 1.54) is 51.7 Å². The SMILES string of the molecule is CCOc1ccc(C(=O)NCCCCCN2CCCCC2)cc1C. The van der Waals surface area contributed by atoms with Gasteiger partial charge in [-0.25, -0.2) is 0 Å². The third-order valence-electron chi connectivity index (χ3n) is 4.62. The number of piperidine rings is 1. The number of carbonyl (C=O) groups is 1. The standard InChI is InChI=1S/C20H32N2O2/c1-3-24-19-11-10-18(16-17(19)2)20(23)21-12-6-4-7-13-22-14-8-5-9-15-22/h10-11,16H,3-9,12-15H2,1-2H3,(H,21,23). The van der Waals surface area contributed by atoms with E-state index in [2.05, 4.69) is 10.2 Å². The number of likely N-dealkylation sites (tertiary alicyclic amines) is 1. The Hall–Kier alpha value is -1.55. The van der Waals surface area contributed by atoms with Crippen LogP contribution in [0.25, 0.3) is 0 Å². The average Bonchev–Trinajstić information content (AvgIpc) is 2.60. The van der Waals surface area contributed by atoms with Gasteiger partial charge in [0.1, 0.15) is 5.75 Å². The van der Waals surface area contributed by atoms with Crippen LogP contribution in [-0.4, -0.2) is 43.6 Å². The van der Waals surface area contributed by atoms with Crippen LogP contribution in [0.2, 0.25) is 0 Å². The van der Waals surface area contributed by atoms with Gasteiger partial charge in [0.2, 0.25) is 0 Å². The van der Waals surface area contributed by atoms with E-state index in [1.54, 1.807) is 0 Å². The predicted octanol–water partition coefficient (Wildman–Crippen LogP) is 3.78. The Bertz CT molecular complexity index is 510. The quantitative estimate of drug-likeness (QED) is 0.700. The van der Waals surface area contributed by atoms with Crippen LogP contribution in [0.5, 0.6) is 5.75 Å². The van der Waals surface area contributed by atoms with E-state index in [4.69, 9.17) is 4.74 Å². The van der Waals surface area contributed by atoms with Crippen LogP contribution in [-0.2, 0) is 0 Å². The molecule has 2 rings (SSSR count). The zero-order valence-electron chi connectivity index (χ0n) is 15.3. The van der Waals surface area contributed by atoms with Crippen LogP contribution < -0.4 is 10.1 Å². The van der Waals surface area contributed by atoms with Crippen molar-refractivity contribution in [3.63, 3.8) is 0 Å². The van der Waals surface area contributed by atoms with E-state index in [-0.39, 0.29) is 5.91 Å². The lowest BCUT2D eigenvalue weighted by molar-refractivity contribution is 0.0952. The second-order valence-electron chi connectivity index (χ2n) is 6.63. The summed E-state index contributed by atoms with van der Waals surface area (Å²) in [5.74, 6) is 0.865. The molecular weight excluding hydrogens is 300 g/mol. The van der Waals surface area contributed by atoms with Gasteiger partial charge in [0.25, 0.3) is 5.91 Å². The predicted molar refractivity (Wildman–Crippen MR) is 98.8 cm³/mol. The number of aryl methyl sites for hydroxylation is 1. The molecule has 0 aromatic heterocycles. The summed E-state index contributed by atoms with van der Waals surface area (Å²) in [5.41, 5.74) is 1.72. The molecule has 1 aliphatic rings. The minimum Gasteiger partial charge on any atom is -0.494 e. The molecule has 0 unspecified atom stereocenters. The van der Waals surface area contributed by atoms with E-state index in [9.17, 15) is 4.79 Å². The molecule has 4 nitrogen and oxygen atoms in total. The molecule has 1 saturated heterocycles. The van der Waals surface area contributed by atoms with Crippen molar-refractivity contribution >= 4 is 5.91 Å². The Morgan fingerprint density at radius 2 is 1.96 bits per heavy atom. The molecule has 0 aliphatic carbocycles. The molecule has 24 heavy (non-hydrogen) atoms. The molecule has 4 heteroatoms. The summed E-state index contributed by atoms with van der Waals surface area (Å²) in [6.07, 6.45) is 7.58. The van der Waals surface area contributed by atoms with Crippen LogP contribution in [0.15, 0.2) is 18.2 Å². The first-order valence-electron chi connectivity index (χ1n) is 9.44. The van der Waals surface area contributed by atoms with Crippen molar-refractivity contribution < 1.29 is 9.53 Å². The summed E-state index contributed by atoms with van der Waals surface area (Å²) in [4.78, 5) is 14.8. The molecule has 1 fully saturated rings. The van der Waals surface area contributed by atoms with Crippen molar-refractivity contribution in [1.29, 1.82) is 0 Å². The van der Waals surface area contributed by atoms with Crippen LogP contribution in [0.3, 0.4) is 0 Å². The van der Waals surface area contributed by atoms with Gasteiger partial charge in [0, 0.05) is 12.1 Å². The minimum absolute atomic E-state index is 0.0113. The number of benzene rings is 1. The molecule has 1 aliphatic heterocycles. The fourth-order valence-electron chi connectivity index (χ4n) is 3.23. The van der Waals surface area contributed by atoms with Crippen LogP contribution >= 0.6 is 0 Å². The fraction of sp³-hybridized carbons (Fsp3) is 0.650. The van der Waals surface area contributed by atoms with Gasteiger partial charge in [0.05, 0.1) is 6.61 Å². The minimum atomic E-state index is 0.0113. The Kier molecular flexibility index (Phi) is 8.10. The first-order chi connectivity index (χ1) is 11.7. The second kappa shape index (κ2) is 10.3. The van der Waals surface area contributed by atoms with Gasteiger partial charge in [-0.2, -0.15) is 0 Å². The van der Waals surface area contributed by atoms with Crippen molar-refractivity contribution in [2.75, 3.05) is 32.8 Å². The van der Waals surface area contributed by atoms with Crippen LogP contribution in [0.4, 0.5) is 0 Å². The summed E-state index contributed by atoms with van der Waals surface area (Å²) >= 11 is 0. The number of amides is 1. The van der Waals surface area contributed by atoms with Crippen molar-refractivity contribution in [2.24, 2.45) is 0 Å². The molecule has 1 N–H and O–H groups in total. The van der Waals surface area contributed by atoms with Crippen molar-refractivity contribution in [1.82, 2.24) is 10.2 Å². The number of hydrogen-bond donors (Lipinski definition) is 1. The topological polar surface area (TPSA) is 41.6 Å². The van der Waals surface area contributed by atoms with Crippen molar-refractivity contribution in [3.05, 3.63) is 29.3 Å². The number of hydrogen-bond acceptors (Lipinski definition) is 3. The number of carbonyl (C=O) groups excluding carboxylic acids is 1. The van der Waals surface area contributed by atoms with Crippen molar-refractivity contribution in [2.45, 2.75) is 52.4 Å². The molecule has 0 atom stereocenters. The summed E-state index contributed by atoms with van der Waals surface area (Å²) in [6.45, 7) is 9.09. The first-order valence-corrected chi connectivity index (χ1v) is 9.44. The Morgan fingerprint density at radius 3 is 2.67 bits per heavy atom. The molecule has 1 amide bonds. The van der Waals surface area contributed by atoms with E-state index < -0.39 is 0 Å². The lowest BCUT2D eigenvalue weighted by Crippen LogP contribution is -2.30. The lowest BCUT2D eigenvalue weighted by atomic mass is 10.1. The first kappa shape index (κ1) is 18.8. The van der Waals surface area contributed by atoms with Gasteiger partial charge in [-0.15, -0.1) is 0 Å². The normalized spacial score (nSPS) is 15.2. The fourth-order valence-corrected chi connectivity index (χ4v) is 3.23. The molecular formula is C20H32N2O2. The zero-order valence-corrected chi connectivity index (χ0v) is 15.3. The number of nitrogens with one attached hydrogen (secondary N) is 1. The Morgan fingerprint density at radius 1 is 1.17 bits per heavy atom. The second-order valence-corrected chi connectivity index (χ2v) is 6.63.